The lowest BCUT2D eigenvalue weighted by atomic mass is 9.94. The summed E-state index contributed by atoms with van der Waals surface area (Å²) in [5.74, 6) is -0.920. The van der Waals surface area contributed by atoms with Crippen molar-refractivity contribution in [3.05, 3.63) is 74.5 Å². The van der Waals surface area contributed by atoms with E-state index in [0.717, 1.165) is 0 Å². The predicted octanol–water partition coefficient (Wildman–Crippen LogP) is 3.90. The Morgan fingerprint density at radius 1 is 1.20 bits per heavy atom. The number of piperidine rings is 1. The van der Waals surface area contributed by atoms with Crippen LogP contribution < -0.4 is 0 Å². The van der Waals surface area contributed by atoms with Gasteiger partial charge in [-0.2, -0.15) is 0 Å². The molecule has 0 atom stereocenters. The molecule has 0 aromatic heterocycles. The molecule has 2 aromatic carbocycles. The topological polar surface area (TPSA) is 83.8 Å². The van der Waals surface area contributed by atoms with Crippen LogP contribution in [0.5, 0.6) is 0 Å². The standard InChI is InChI=1S/C21H21ClFN3O4/c1-24(13-16-12-18(26(29)30)6-7-19(16)22)20(27)15-8-10-25(11-9-15)21(28)14-2-4-17(23)5-3-14/h2-7,12,15H,8-11,13H2,1H3. The first-order valence-corrected chi connectivity index (χ1v) is 9.86. The molecular formula is C21H21ClFN3O4. The lowest BCUT2D eigenvalue weighted by Gasteiger charge is -2.33. The molecule has 3 rings (SSSR count). The minimum absolute atomic E-state index is 0.0807. The molecule has 2 amide bonds. The second-order valence-electron chi connectivity index (χ2n) is 7.30. The first-order valence-electron chi connectivity index (χ1n) is 9.49. The van der Waals surface area contributed by atoms with Crippen molar-refractivity contribution in [2.24, 2.45) is 5.92 Å². The van der Waals surface area contributed by atoms with Gasteiger partial charge < -0.3 is 9.80 Å². The zero-order chi connectivity index (χ0) is 21.8. The summed E-state index contributed by atoms with van der Waals surface area (Å²) in [4.78, 5) is 39.0. The quantitative estimate of drug-likeness (QED) is 0.528. The van der Waals surface area contributed by atoms with Gasteiger partial charge in [-0.3, -0.25) is 19.7 Å². The van der Waals surface area contributed by atoms with Crippen LogP contribution in [0.25, 0.3) is 0 Å². The molecule has 1 aliphatic rings. The minimum Gasteiger partial charge on any atom is -0.341 e. The number of carbonyl (C=O) groups is 2. The molecule has 7 nitrogen and oxygen atoms in total. The second-order valence-corrected chi connectivity index (χ2v) is 7.71. The number of nitro benzene ring substituents is 1. The highest BCUT2D eigenvalue weighted by molar-refractivity contribution is 6.31. The predicted molar refractivity (Wildman–Crippen MR) is 110 cm³/mol. The molecule has 1 saturated heterocycles. The highest BCUT2D eigenvalue weighted by atomic mass is 35.5. The molecule has 0 unspecified atom stereocenters. The van der Waals surface area contributed by atoms with E-state index in [-0.39, 0.29) is 30.0 Å². The van der Waals surface area contributed by atoms with Crippen LogP contribution in [0.4, 0.5) is 10.1 Å². The Morgan fingerprint density at radius 2 is 1.83 bits per heavy atom. The van der Waals surface area contributed by atoms with Gasteiger partial charge in [-0.15, -0.1) is 0 Å². The maximum absolute atomic E-state index is 13.0. The highest BCUT2D eigenvalue weighted by Gasteiger charge is 2.30. The maximum Gasteiger partial charge on any atom is 0.269 e. The van der Waals surface area contributed by atoms with Gasteiger partial charge in [-0.1, -0.05) is 11.6 Å². The first kappa shape index (κ1) is 21.7. The number of benzene rings is 2. The van der Waals surface area contributed by atoms with E-state index >= 15 is 0 Å². The van der Waals surface area contributed by atoms with Crippen LogP contribution in [0.15, 0.2) is 42.5 Å². The number of carbonyl (C=O) groups excluding carboxylic acids is 2. The Hall–Kier alpha value is -3.00. The van der Waals surface area contributed by atoms with Crippen molar-refractivity contribution in [1.82, 2.24) is 9.80 Å². The molecule has 0 spiro atoms. The Balaban J connectivity index is 1.58. The fraction of sp³-hybridized carbons (Fsp3) is 0.333. The van der Waals surface area contributed by atoms with Crippen molar-refractivity contribution < 1.29 is 18.9 Å². The average Bonchev–Trinajstić information content (AvgIpc) is 2.74. The molecule has 30 heavy (non-hydrogen) atoms. The van der Waals surface area contributed by atoms with Gasteiger partial charge >= 0.3 is 0 Å². The number of rotatable bonds is 5. The smallest absolute Gasteiger partial charge is 0.269 e. The summed E-state index contributed by atoms with van der Waals surface area (Å²) >= 11 is 6.13. The number of amides is 2. The van der Waals surface area contributed by atoms with Crippen LogP contribution >= 0.6 is 11.6 Å². The summed E-state index contributed by atoms with van der Waals surface area (Å²) in [5.41, 5.74) is 0.840. The monoisotopic (exact) mass is 433 g/mol. The number of halogens is 2. The number of likely N-dealkylation sites (tertiary alicyclic amines) is 1. The summed E-state index contributed by atoms with van der Waals surface area (Å²) < 4.78 is 13.0. The third kappa shape index (κ3) is 4.94. The zero-order valence-corrected chi connectivity index (χ0v) is 17.1. The first-order chi connectivity index (χ1) is 14.3. The van der Waals surface area contributed by atoms with E-state index < -0.39 is 10.7 Å². The molecule has 158 valence electrons. The summed E-state index contributed by atoms with van der Waals surface area (Å²) in [5, 5.41) is 11.3. The zero-order valence-electron chi connectivity index (χ0n) is 16.4. The molecule has 0 N–H and O–H groups in total. The Labute approximate surface area is 178 Å². The lowest BCUT2D eigenvalue weighted by Crippen LogP contribution is -2.43. The van der Waals surface area contributed by atoms with Crippen LogP contribution in [0, 0.1) is 21.8 Å². The summed E-state index contributed by atoms with van der Waals surface area (Å²) in [6.07, 6.45) is 1.03. The van der Waals surface area contributed by atoms with Gasteiger partial charge in [-0.25, -0.2) is 4.39 Å². The van der Waals surface area contributed by atoms with Gasteiger partial charge in [-0.05, 0) is 48.7 Å². The molecular weight excluding hydrogens is 413 g/mol. The summed E-state index contributed by atoms with van der Waals surface area (Å²) in [7, 11) is 1.63. The SMILES string of the molecule is CN(Cc1cc([N+](=O)[O-])ccc1Cl)C(=O)C1CCN(C(=O)c2ccc(F)cc2)CC1. The lowest BCUT2D eigenvalue weighted by molar-refractivity contribution is -0.384. The van der Waals surface area contributed by atoms with Gasteiger partial charge in [0.2, 0.25) is 5.91 Å². The van der Waals surface area contributed by atoms with Gasteiger partial charge in [0.05, 0.1) is 4.92 Å². The van der Waals surface area contributed by atoms with E-state index in [2.05, 4.69) is 0 Å². The Bertz CT molecular complexity index is 959. The fourth-order valence-electron chi connectivity index (χ4n) is 3.55. The van der Waals surface area contributed by atoms with Crippen molar-refractivity contribution in [3.8, 4) is 0 Å². The van der Waals surface area contributed by atoms with Gasteiger partial charge in [0.15, 0.2) is 0 Å². The van der Waals surface area contributed by atoms with Crippen molar-refractivity contribution in [3.63, 3.8) is 0 Å². The van der Waals surface area contributed by atoms with E-state index in [9.17, 15) is 24.1 Å². The van der Waals surface area contributed by atoms with Crippen LogP contribution in [0.1, 0.15) is 28.8 Å². The molecule has 2 aromatic rings. The molecule has 1 heterocycles. The molecule has 1 aliphatic heterocycles. The molecule has 0 saturated carbocycles. The number of nitrogens with zero attached hydrogens (tertiary/aromatic N) is 3. The molecule has 9 heteroatoms. The largest absolute Gasteiger partial charge is 0.341 e. The van der Waals surface area contributed by atoms with Crippen molar-refractivity contribution in [1.29, 1.82) is 0 Å². The van der Waals surface area contributed by atoms with Crippen molar-refractivity contribution >= 4 is 29.1 Å². The van der Waals surface area contributed by atoms with Crippen LogP contribution in [0.2, 0.25) is 5.02 Å². The molecule has 1 fully saturated rings. The normalized spacial score (nSPS) is 14.4. The minimum atomic E-state index is -0.504. The second kappa shape index (κ2) is 9.21. The van der Waals surface area contributed by atoms with E-state index in [1.54, 1.807) is 11.9 Å². The molecule has 0 bridgehead atoms. The molecule has 0 aliphatic carbocycles. The summed E-state index contributed by atoms with van der Waals surface area (Å²) in [6.45, 7) is 1.02. The van der Waals surface area contributed by atoms with Crippen molar-refractivity contribution in [2.45, 2.75) is 19.4 Å². The Morgan fingerprint density at radius 3 is 2.43 bits per heavy atom. The van der Waals surface area contributed by atoms with E-state index in [1.165, 1.54) is 47.4 Å². The molecule has 0 radical (unpaired) electrons. The number of hydrogen-bond donors (Lipinski definition) is 0. The van der Waals surface area contributed by atoms with Gasteiger partial charge in [0.1, 0.15) is 5.82 Å². The summed E-state index contributed by atoms with van der Waals surface area (Å²) in [6, 6.07) is 9.54. The highest BCUT2D eigenvalue weighted by Crippen LogP contribution is 2.25. The Kier molecular flexibility index (Phi) is 6.66. The van der Waals surface area contributed by atoms with E-state index in [0.29, 0.717) is 42.1 Å². The number of nitro groups is 1. The number of hydrogen-bond acceptors (Lipinski definition) is 4. The third-order valence-corrected chi connectivity index (χ3v) is 5.62. The van der Waals surface area contributed by atoms with Crippen LogP contribution in [-0.4, -0.2) is 46.7 Å². The maximum atomic E-state index is 13.0. The third-order valence-electron chi connectivity index (χ3n) is 5.25. The number of non-ortho nitro benzene ring substituents is 1. The van der Waals surface area contributed by atoms with Crippen LogP contribution in [-0.2, 0) is 11.3 Å². The fourth-order valence-corrected chi connectivity index (χ4v) is 3.72. The average molecular weight is 434 g/mol. The van der Waals surface area contributed by atoms with Gasteiger partial charge in [0.25, 0.3) is 11.6 Å². The van der Waals surface area contributed by atoms with Gasteiger partial charge in [0, 0.05) is 55.3 Å². The van der Waals surface area contributed by atoms with Crippen LogP contribution in [0.3, 0.4) is 0 Å². The van der Waals surface area contributed by atoms with E-state index in [1.807, 2.05) is 0 Å². The van der Waals surface area contributed by atoms with E-state index in [4.69, 9.17) is 11.6 Å². The van der Waals surface area contributed by atoms with Crippen molar-refractivity contribution in [2.75, 3.05) is 20.1 Å².